The highest BCUT2D eigenvalue weighted by atomic mass is 16.5. The van der Waals surface area contributed by atoms with Gasteiger partial charge < -0.3 is 20.3 Å². The molecule has 7 heteroatoms. The number of hydrogen-bond acceptors (Lipinski definition) is 6. The van der Waals surface area contributed by atoms with E-state index in [-0.39, 0.29) is 5.91 Å². The Morgan fingerprint density at radius 2 is 2.11 bits per heavy atom. The molecule has 2 N–H and O–H groups in total. The fourth-order valence-electron chi connectivity index (χ4n) is 3.91. The second kappa shape index (κ2) is 8.14. The van der Waals surface area contributed by atoms with Gasteiger partial charge in [0.1, 0.15) is 5.82 Å². The quantitative estimate of drug-likeness (QED) is 0.872. The standard InChI is InChI=1S/C21H27N5O2/c1-25-9-7-18-16(13-25)12-17(20(22)24-18)21(27)26-10-5-15(6-11-26)14-28-19-4-2-3-8-23-19/h2-4,8,12,15H,5-7,9-11,13-14H2,1H3,(H2,22,24). The van der Waals surface area contributed by atoms with Crippen molar-refractivity contribution >= 4 is 11.7 Å². The number of carbonyl (C=O) groups excluding carboxylic acids is 1. The number of anilines is 1. The van der Waals surface area contributed by atoms with E-state index in [9.17, 15) is 4.79 Å². The maximum Gasteiger partial charge on any atom is 0.257 e. The number of likely N-dealkylation sites (tertiary alicyclic amines) is 1. The lowest BCUT2D eigenvalue weighted by atomic mass is 9.96. The van der Waals surface area contributed by atoms with Gasteiger partial charge >= 0.3 is 0 Å². The molecule has 4 heterocycles. The number of amides is 1. The van der Waals surface area contributed by atoms with Crippen LogP contribution < -0.4 is 10.5 Å². The number of pyridine rings is 2. The van der Waals surface area contributed by atoms with Gasteiger partial charge in [-0.15, -0.1) is 0 Å². The third-order valence-electron chi connectivity index (χ3n) is 5.63. The SMILES string of the molecule is CN1CCc2nc(N)c(C(=O)N3CCC(COc4ccccn4)CC3)cc2C1. The average molecular weight is 381 g/mol. The van der Waals surface area contributed by atoms with Crippen molar-refractivity contribution in [3.05, 3.63) is 47.3 Å². The molecule has 2 aliphatic heterocycles. The van der Waals surface area contributed by atoms with Crippen LogP contribution in [0.15, 0.2) is 30.5 Å². The second-order valence-electron chi connectivity index (χ2n) is 7.73. The Morgan fingerprint density at radius 3 is 2.86 bits per heavy atom. The van der Waals surface area contributed by atoms with Crippen LogP contribution in [-0.2, 0) is 13.0 Å². The minimum Gasteiger partial charge on any atom is -0.477 e. The number of aromatic nitrogens is 2. The van der Waals surface area contributed by atoms with Crippen LogP contribution in [0.2, 0.25) is 0 Å². The van der Waals surface area contributed by atoms with Crippen LogP contribution in [0.1, 0.15) is 34.5 Å². The molecule has 0 aliphatic carbocycles. The molecular weight excluding hydrogens is 354 g/mol. The monoisotopic (exact) mass is 381 g/mol. The topological polar surface area (TPSA) is 84.6 Å². The zero-order valence-corrected chi connectivity index (χ0v) is 16.3. The predicted molar refractivity (Wildman–Crippen MR) is 107 cm³/mol. The first-order chi connectivity index (χ1) is 13.6. The summed E-state index contributed by atoms with van der Waals surface area (Å²) in [7, 11) is 2.08. The van der Waals surface area contributed by atoms with Crippen molar-refractivity contribution in [2.45, 2.75) is 25.8 Å². The third-order valence-corrected chi connectivity index (χ3v) is 5.63. The number of nitrogens with two attached hydrogens (primary N) is 1. The molecule has 0 spiro atoms. The van der Waals surface area contributed by atoms with E-state index in [2.05, 4.69) is 21.9 Å². The molecule has 2 aromatic heterocycles. The molecule has 0 unspecified atom stereocenters. The van der Waals surface area contributed by atoms with Crippen LogP contribution in [-0.4, -0.2) is 59.0 Å². The number of fused-ring (bicyclic) bond motifs is 1. The number of piperidine rings is 1. The van der Waals surface area contributed by atoms with Crippen molar-refractivity contribution in [1.29, 1.82) is 0 Å². The Morgan fingerprint density at radius 1 is 1.29 bits per heavy atom. The smallest absolute Gasteiger partial charge is 0.257 e. The van der Waals surface area contributed by atoms with Gasteiger partial charge in [-0.1, -0.05) is 6.07 Å². The molecule has 0 radical (unpaired) electrons. The maximum absolute atomic E-state index is 13.0. The van der Waals surface area contributed by atoms with Gasteiger partial charge in [0.25, 0.3) is 5.91 Å². The highest BCUT2D eigenvalue weighted by Crippen LogP contribution is 2.25. The van der Waals surface area contributed by atoms with Gasteiger partial charge in [-0.2, -0.15) is 0 Å². The predicted octanol–water partition coefficient (Wildman–Crippen LogP) is 1.98. The lowest BCUT2D eigenvalue weighted by Gasteiger charge is -2.32. The molecule has 1 amide bonds. The number of hydrogen-bond donors (Lipinski definition) is 1. The van der Waals surface area contributed by atoms with Gasteiger partial charge in [-0.3, -0.25) is 4.79 Å². The minimum absolute atomic E-state index is 0.00915. The largest absolute Gasteiger partial charge is 0.477 e. The van der Waals surface area contributed by atoms with E-state index in [1.54, 1.807) is 6.20 Å². The number of rotatable bonds is 4. The molecule has 1 fully saturated rings. The Hall–Kier alpha value is -2.67. The molecule has 1 saturated heterocycles. The number of carbonyl (C=O) groups is 1. The number of nitrogen functional groups attached to an aromatic ring is 1. The van der Waals surface area contributed by atoms with E-state index >= 15 is 0 Å². The molecule has 4 rings (SSSR count). The van der Waals surface area contributed by atoms with E-state index < -0.39 is 0 Å². The van der Waals surface area contributed by atoms with Crippen molar-refractivity contribution in [2.24, 2.45) is 5.92 Å². The first-order valence-corrected chi connectivity index (χ1v) is 9.90. The summed E-state index contributed by atoms with van der Waals surface area (Å²) in [5.41, 5.74) is 8.81. The van der Waals surface area contributed by atoms with E-state index in [0.717, 1.165) is 43.6 Å². The average Bonchev–Trinajstić information content (AvgIpc) is 2.73. The zero-order valence-electron chi connectivity index (χ0n) is 16.3. The molecule has 148 valence electrons. The van der Waals surface area contributed by atoms with Gasteiger partial charge in [0.15, 0.2) is 0 Å². The number of nitrogens with zero attached hydrogens (tertiary/aromatic N) is 4. The van der Waals surface area contributed by atoms with Gasteiger partial charge in [0.2, 0.25) is 5.88 Å². The summed E-state index contributed by atoms with van der Waals surface area (Å²) in [4.78, 5) is 25.9. The van der Waals surface area contributed by atoms with E-state index in [1.165, 1.54) is 0 Å². The van der Waals surface area contributed by atoms with Crippen LogP contribution in [0.5, 0.6) is 5.88 Å². The normalized spacial score (nSPS) is 18.0. The van der Waals surface area contributed by atoms with Crippen LogP contribution in [0.4, 0.5) is 5.82 Å². The van der Waals surface area contributed by atoms with Crippen molar-refractivity contribution in [3.63, 3.8) is 0 Å². The molecule has 0 atom stereocenters. The Labute approximate surface area is 165 Å². The summed E-state index contributed by atoms with van der Waals surface area (Å²) in [6, 6.07) is 7.60. The van der Waals surface area contributed by atoms with Gasteiger partial charge in [0.05, 0.1) is 12.2 Å². The highest BCUT2D eigenvalue weighted by molar-refractivity contribution is 5.98. The summed E-state index contributed by atoms with van der Waals surface area (Å²) in [6.07, 6.45) is 4.44. The Balaban J connectivity index is 1.36. The fourth-order valence-corrected chi connectivity index (χ4v) is 3.91. The summed E-state index contributed by atoms with van der Waals surface area (Å²) < 4.78 is 5.77. The summed E-state index contributed by atoms with van der Waals surface area (Å²) in [5, 5.41) is 0. The molecule has 2 aromatic rings. The van der Waals surface area contributed by atoms with Crippen molar-refractivity contribution in [1.82, 2.24) is 19.8 Å². The summed E-state index contributed by atoms with van der Waals surface area (Å²) in [5.74, 6) is 1.43. The molecule has 2 aliphatic rings. The fraction of sp³-hybridized carbons (Fsp3) is 0.476. The second-order valence-corrected chi connectivity index (χ2v) is 7.73. The van der Waals surface area contributed by atoms with E-state index in [4.69, 9.17) is 10.5 Å². The molecule has 0 saturated carbocycles. The third kappa shape index (κ3) is 4.09. The van der Waals surface area contributed by atoms with E-state index in [0.29, 0.717) is 42.9 Å². The van der Waals surface area contributed by atoms with Gasteiger partial charge in [0, 0.05) is 50.6 Å². The highest BCUT2D eigenvalue weighted by Gasteiger charge is 2.27. The molecule has 0 aromatic carbocycles. The number of likely N-dealkylation sites (N-methyl/N-ethyl adjacent to an activating group) is 1. The van der Waals surface area contributed by atoms with E-state index in [1.807, 2.05) is 29.2 Å². The lowest BCUT2D eigenvalue weighted by Crippen LogP contribution is -2.40. The van der Waals surface area contributed by atoms with Gasteiger partial charge in [-0.05, 0) is 43.5 Å². The van der Waals surface area contributed by atoms with Crippen molar-refractivity contribution in [2.75, 3.05) is 39.0 Å². The zero-order chi connectivity index (χ0) is 19.5. The first kappa shape index (κ1) is 18.7. The number of ether oxygens (including phenoxy) is 1. The maximum atomic E-state index is 13.0. The molecular formula is C21H27N5O2. The molecule has 7 nitrogen and oxygen atoms in total. The lowest BCUT2D eigenvalue weighted by molar-refractivity contribution is 0.0659. The summed E-state index contributed by atoms with van der Waals surface area (Å²) >= 11 is 0. The van der Waals surface area contributed by atoms with Gasteiger partial charge in [-0.25, -0.2) is 9.97 Å². The van der Waals surface area contributed by atoms with Crippen molar-refractivity contribution in [3.8, 4) is 5.88 Å². The Kier molecular flexibility index (Phi) is 5.43. The van der Waals surface area contributed by atoms with Crippen LogP contribution in [0.25, 0.3) is 0 Å². The van der Waals surface area contributed by atoms with Crippen LogP contribution >= 0.6 is 0 Å². The van der Waals surface area contributed by atoms with Crippen LogP contribution in [0, 0.1) is 5.92 Å². The first-order valence-electron chi connectivity index (χ1n) is 9.90. The van der Waals surface area contributed by atoms with Crippen molar-refractivity contribution < 1.29 is 9.53 Å². The van der Waals surface area contributed by atoms with Crippen LogP contribution in [0.3, 0.4) is 0 Å². The molecule has 0 bridgehead atoms. The molecule has 28 heavy (non-hydrogen) atoms. The Bertz CT molecular complexity index is 834. The summed E-state index contributed by atoms with van der Waals surface area (Å²) in [6.45, 7) is 3.85. The minimum atomic E-state index is -0.00915.